The monoisotopic (exact) mass is 762 g/mol. The molecule has 1 unspecified atom stereocenters. The summed E-state index contributed by atoms with van der Waals surface area (Å²) in [4.78, 5) is 0. The number of H-pyrrole nitrogens is 4. The maximum absolute atomic E-state index is 8.51. The van der Waals surface area contributed by atoms with Crippen LogP contribution < -0.4 is 18.9 Å². The number of aliphatic hydroxyl groups is 2. The number of aromatic amines is 4. The fourth-order valence-electron chi connectivity index (χ4n) is 2.06. The number of aryl methyl sites for hydroxylation is 1. The summed E-state index contributed by atoms with van der Waals surface area (Å²) in [5.41, 5.74) is 5.74. The zero-order chi connectivity index (χ0) is 32.8. The van der Waals surface area contributed by atoms with Crippen molar-refractivity contribution in [2.45, 2.75) is 66.0 Å². The molecular formula is C30H48ILiN8O5Si. The molecule has 1 fully saturated rings. The van der Waals surface area contributed by atoms with Crippen molar-refractivity contribution in [1.82, 2.24) is 40.8 Å². The number of hydrogen-bond acceptors (Lipinski definition) is 8. The van der Waals surface area contributed by atoms with Gasteiger partial charge >= 0.3 is 18.9 Å². The van der Waals surface area contributed by atoms with E-state index >= 15 is 0 Å². The largest absolute Gasteiger partial charge is 1.00 e. The van der Waals surface area contributed by atoms with Crippen molar-refractivity contribution < 1.29 is 44.8 Å². The number of hydrogen-bond donors (Lipinski definition) is 6. The maximum atomic E-state index is 8.51. The number of nitrogens with one attached hydrogen (secondary N) is 4. The topological polar surface area (TPSA) is 226 Å². The van der Waals surface area contributed by atoms with Gasteiger partial charge in [0.1, 0.15) is 8.07 Å². The van der Waals surface area contributed by atoms with E-state index in [2.05, 4.69) is 113 Å². The second-order valence-electron chi connectivity index (χ2n) is 9.05. The Morgan fingerprint density at radius 2 is 1.41 bits per heavy atom. The Hall–Kier alpha value is -3.14. The number of aliphatic hydroxyl groups excluding tert-OH is 2. The summed E-state index contributed by atoms with van der Waals surface area (Å²) in [6.45, 7) is 13.0. The Kier molecular flexibility index (Phi) is 41.4. The first kappa shape index (κ1) is 52.4. The Morgan fingerprint density at radius 1 is 0.935 bits per heavy atom. The Labute approximate surface area is 299 Å². The number of ether oxygens (including phenoxy) is 1. The van der Waals surface area contributed by atoms with Crippen LogP contribution >= 0.6 is 22.6 Å². The summed E-state index contributed by atoms with van der Waals surface area (Å²) >= 11 is 2.18. The van der Waals surface area contributed by atoms with E-state index < -0.39 is 14.4 Å². The van der Waals surface area contributed by atoms with E-state index in [0.29, 0.717) is 0 Å². The molecule has 0 aromatic carbocycles. The predicted molar refractivity (Wildman–Crippen MR) is 189 cm³/mol. The molecule has 0 amide bonds. The molecule has 4 aromatic heterocycles. The van der Waals surface area contributed by atoms with Crippen LogP contribution in [-0.2, 0) is 11.2 Å². The molecule has 1 aliphatic rings. The molecule has 0 aliphatic carbocycles. The number of aromatic nitrogens is 8. The van der Waals surface area contributed by atoms with Crippen LogP contribution in [-0.4, -0.2) is 89.5 Å². The summed E-state index contributed by atoms with van der Waals surface area (Å²) < 4.78 is 5.85. The SMILES string of the molecule is C#C[Si](C)(C)C.C#Cc1cn[nH]c1.CC#Cc1cn[nH]c1.CCO.CCc1cn[nH]c1.Ic1cn[nH]c1.O.OC1CCCO1.[Li+].[OH-]. The maximum Gasteiger partial charge on any atom is 1.00 e. The van der Waals surface area contributed by atoms with Crippen LogP contribution in [0, 0.1) is 39.7 Å². The molecule has 4 aromatic rings. The first-order valence-corrected chi connectivity index (χ1v) is 18.0. The average molecular weight is 763 g/mol. The number of nitrogens with zero attached hydrogens (tertiary/aromatic N) is 4. The molecule has 250 valence electrons. The molecule has 0 saturated carbocycles. The molecule has 1 aliphatic heterocycles. The van der Waals surface area contributed by atoms with Gasteiger partial charge in [0.15, 0.2) is 6.29 Å². The molecule has 46 heavy (non-hydrogen) atoms. The number of rotatable bonds is 1. The van der Waals surface area contributed by atoms with Gasteiger partial charge in [0.05, 0.1) is 39.5 Å². The quantitative estimate of drug-likeness (QED) is 0.0921. The van der Waals surface area contributed by atoms with Crippen molar-refractivity contribution in [2.75, 3.05) is 13.2 Å². The third kappa shape index (κ3) is 37.1. The van der Waals surface area contributed by atoms with Gasteiger partial charge in [0, 0.05) is 44.4 Å². The fourth-order valence-corrected chi connectivity index (χ4v) is 2.34. The van der Waals surface area contributed by atoms with E-state index in [1.54, 1.807) is 44.8 Å². The first-order chi connectivity index (χ1) is 20.6. The van der Waals surface area contributed by atoms with Crippen LogP contribution in [0.5, 0.6) is 0 Å². The van der Waals surface area contributed by atoms with Crippen molar-refractivity contribution in [3.8, 4) is 36.2 Å². The smallest absolute Gasteiger partial charge is 0.870 e. The average Bonchev–Trinajstić information content (AvgIpc) is 3.83. The minimum Gasteiger partial charge on any atom is -0.870 e. The Morgan fingerprint density at radius 3 is 1.61 bits per heavy atom. The van der Waals surface area contributed by atoms with Crippen molar-refractivity contribution in [3.05, 3.63) is 69.8 Å². The summed E-state index contributed by atoms with van der Waals surface area (Å²) in [6, 6.07) is 0. The van der Waals surface area contributed by atoms with Crippen molar-refractivity contribution >= 4 is 30.7 Å². The van der Waals surface area contributed by atoms with Gasteiger partial charge in [-0.05, 0) is 54.8 Å². The van der Waals surface area contributed by atoms with E-state index in [-0.39, 0.29) is 36.4 Å². The van der Waals surface area contributed by atoms with Gasteiger partial charge in [0.2, 0.25) is 0 Å². The van der Waals surface area contributed by atoms with E-state index in [1.165, 1.54) is 5.56 Å². The molecular weight excluding hydrogens is 714 g/mol. The van der Waals surface area contributed by atoms with E-state index in [1.807, 2.05) is 18.6 Å². The van der Waals surface area contributed by atoms with Crippen LogP contribution in [0.15, 0.2) is 49.6 Å². The summed E-state index contributed by atoms with van der Waals surface area (Å²) in [5, 5.41) is 41.5. The van der Waals surface area contributed by atoms with Crippen LogP contribution in [0.3, 0.4) is 0 Å². The zero-order valence-corrected chi connectivity index (χ0v) is 31.0. The van der Waals surface area contributed by atoms with E-state index in [0.717, 1.165) is 40.6 Å². The molecule has 0 bridgehead atoms. The zero-order valence-electron chi connectivity index (χ0n) is 27.8. The molecule has 1 atom stereocenters. The van der Waals surface area contributed by atoms with Gasteiger partial charge in [-0.25, -0.2) is 0 Å². The standard InChI is InChI=1S/C6H6N2.C5H8N2.C5H4N2.C5H10Si.C4H8O2.C3H3IN2.C2H6O.Li.2H2O/c1-2-3-6-4-7-8-5-6;2*1-2-5-3-6-7-4-5;1-5-6(2,3)4;5-4-2-1-3-6-4;4-3-1-5-6-2-3;1-2-3;;;/h4-5H,1H3,(H,7,8);3-4H,2H2,1H3,(H,6,7);1,3-4H,(H,6,7);1H,2-4H3;4-5H,1-3H2;1-2H,(H,5,6);3H,2H2,1H3;;2*1H2/q;;;;;;;+1;;/p-1. The molecule has 0 radical (unpaired) electrons. The Balaban J connectivity index is -0.000000142. The predicted octanol–water partition coefficient (Wildman–Crippen LogP) is 0.772. The van der Waals surface area contributed by atoms with Gasteiger partial charge in [-0.15, -0.1) is 24.3 Å². The molecule has 1 saturated heterocycles. The molecule has 13 nitrogen and oxygen atoms in total. The normalized spacial score (nSPS) is 11.3. The number of halogens is 1. The minimum absolute atomic E-state index is 0. The third-order valence-electron chi connectivity index (χ3n) is 4.20. The van der Waals surface area contributed by atoms with Crippen molar-refractivity contribution in [2.24, 2.45) is 0 Å². The molecule has 0 spiro atoms. The van der Waals surface area contributed by atoms with Crippen LogP contribution in [0.1, 0.15) is 50.3 Å². The minimum atomic E-state index is -1.10. The molecule has 5 heterocycles. The van der Waals surface area contributed by atoms with Gasteiger partial charge < -0.3 is 25.9 Å². The number of terminal acetylenes is 2. The van der Waals surface area contributed by atoms with Crippen LogP contribution in [0.25, 0.3) is 0 Å². The van der Waals surface area contributed by atoms with Crippen LogP contribution in [0.4, 0.5) is 0 Å². The van der Waals surface area contributed by atoms with Gasteiger partial charge in [-0.1, -0.05) is 38.4 Å². The summed E-state index contributed by atoms with van der Waals surface area (Å²) in [5.74, 6) is 8.02. The van der Waals surface area contributed by atoms with Gasteiger partial charge in [-0.3, -0.25) is 20.4 Å². The summed E-state index contributed by atoms with van der Waals surface area (Å²) in [7, 11) is -1.10. The molecule has 9 N–H and O–H groups in total. The van der Waals surface area contributed by atoms with E-state index in [9.17, 15) is 0 Å². The first-order valence-electron chi connectivity index (χ1n) is 13.4. The van der Waals surface area contributed by atoms with Gasteiger partial charge in [-0.2, -0.15) is 20.4 Å². The second-order valence-corrected chi connectivity index (χ2v) is 15.1. The summed E-state index contributed by atoms with van der Waals surface area (Å²) in [6.07, 6.45) is 26.6. The molecule has 5 rings (SSSR count). The Bertz CT molecular complexity index is 1260. The van der Waals surface area contributed by atoms with E-state index in [4.69, 9.17) is 27.8 Å². The van der Waals surface area contributed by atoms with Crippen molar-refractivity contribution in [3.63, 3.8) is 0 Å². The van der Waals surface area contributed by atoms with Gasteiger partial charge in [0.25, 0.3) is 0 Å². The fraction of sp³-hybridized carbons (Fsp3) is 0.400. The second kappa shape index (κ2) is 36.3. The van der Waals surface area contributed by atoms with Crippen LogP contribution in [0.2, 0.25) is 19.6 Å². The third-order valence-corrected chi connectivity index (χ3v) is 5.66. The van der Waals surface area contributed by atoms with Crippen molar-refractivity contribution in [1.29, 1.82) is 0 Å². The molecule has 16 heteroatoms.